The highest BCUT2D eigenvalue weighted by Crippen LogP contribution is 2.66. The van der Waals surface area contributed by atoms with E-state index in [9.17, 15) is 0 Å². The quantitative estimate of drug-likeness (QED) is 0.165. The van der Waals surface area contributed by atoms with Crippen molar-refractivity contribution >= 4 is 51.7 Å². The first-order chi connectivity index (χ1) is 26.9. The molecule has 0 radical (unpaired) electrons. The average molecular weight is 743 g/mol. The van der Waals surface area contributed by atoms with Crippen molar-refractivity contribution in [2.75, 3.05) is 0 Å². The highest BCUT2D eigenvalue weighted by molar-refractivity contribution is 7.87. The Morgan fingerprint density at radius 3 is 1.49 bits per heavy atom. The maximum absolute atomic E-state index is 16.2. The van der Waals surface area contributed by atoms with Crippen LogP contribution in [0.25, 0.3) is 39.0 Å². The number of benzene rings is 7. The lowest BCUT2D eigenvalue weighted by atomic mass is 9.69. The van der Waals surface area contributed by atoms with Crippen molar-refractivity contribution in [3.63, 3.8) is 0 Å². The summed E-state index contributed by atoms with van der Waals surface area (Å²) >= 11 is 0. The molecule has 2 aliphatic heterocycles. The smallest absolute Gasteiger partial charge is 0.172 e. The zero-order valence-corrected chi connectivity index (χ0v) is 32.4. The van der Waals surface area contributed by atoms with E-state index in [-0.39, 0.29) is 0 Å². The maximum atomic E-state index is 16.2. The highest BCUT2D eigenvalue weighted by Gasteiger charge is 2.55. The first-order valence-electron chi connectivity index (χ1n) is 19.3. The van der Waals surface area contributed by atoms with Crippen LogP contribution in [0.2, 0.25) is 0 Å². The van der Waals surface area contributed by atoms with Gasteiger partial charge in [-0.25, -0.2) is 0 Å². The molecule has 262 valence electrons. The molecule has 3 unspecified atom stereocenters. The van der Waals surface area contributed by atoms with Gasteiger partial charge in [0, 0.05) is 31.8 Å². The van der Waals surface area contributed by atoms with E-state index in [2.05, 4.69) is 135 Å². The van der Waals surface area contributed by atoms with Gasteiger partial charge in [-0.3, -0.25) is 0 Å². The summed E-state index contributed by atoms with van der Waals surface area (Å²) in [5.41, 5.74) is 15.6. The van der Waals surface area contributed by atoms with Gasteiger partial charge >= 0.3 is 0 Å². The number of aryl methyl sites for hydroxylation is 2. The van der Waals surface area contributed by atoms with Crippen molar-refractivity contribution in [2.45, 2.75) is 32.1 Å². The third-order valence-corrected chi connectivity index (χ3v) is 19.9. The zero-order valence-electron chi connectivity index (χ0n) is 30.6. The van der Waals surface area contributed by atoms with Gasteiger partial charge in [-0.15, -0.1) is 0 Å². The number of hydrogen-bond acceptors (Lipinski definition) is 2. The lowest BCUT2D eigenvalue weighted by Crippen LogP contribution is -2.30. The summed E-state index contributed by atoms with van der Waals surface area (Å²) in [6, 6.07) is 51.4. The van der Waals surface area contributed by atoms with Crippen molar-refractivity contribution in [3.05, 3.63) is 197 Å². The van der Waals surface area contributed by atoms with Crippen LogP contribution in [0.3, 0.4) is 0 Å². The lowest BCUT2D eigenvalue weighted by molar-refractivity contribution is 0.592. The second kappa shape index (κ2) is 10.8. The normalized spacial score (nSPS) is 22.8. The molecule has 0 N–H and O–H groups in total. The third kappa shape index (κ3) is 3.69. The Hall–Kier alpha value is -5.52. The van der Waals surface area contributed by atoms with E-state index in [1.165, 1.54) is 44.5 Å². The van der Waals surface area contributed by atoms with Gasteiger partial charge in [0.25, 0.3) is 0 Å². The molecule has 2 heterocycles. The van der Waals surface area contributed by atoms with E-state index < -0.39 is 19.7 Å². The van der Waals surface area contributed by atoms with E-state index >= 15 is 9.13 Å². The monoisotopic (exact) mass is 742 g/mol. The SMILES string of the molecule is Cc1ccccc1P1(=O)c2ccccc2-c2cc3c(cc21)C1(C2=C3CCC=C2)c2ccccc2-c2cc3c(cc21)P(=O)(c1ccccc1C)c1ccccc1-3. The first kappa shape index (κ1) is 31.8. The second-order valence-corrected chi connectivity index (χ2v) is 21.1. The summed E-state index contributed by atoms with van der Waals surface area (Å²) in [5.74, 6) is 0. The molecule has 0 fully saturated rings. The van der Waals surface area contributed by atoms with Crippen molar-refractivity contribution in [3.8, 4) is 33.4 Å². The van der Waals surface area contributed by atoms with Crippen LogP contribution in [0.15, 0.2) is 163 Å². The fourth-order valence-electron chi connectivity index (χ4n) is 11.0. The molecule has 12 rings (SSSR count). The molecule has 0 bridgehead atoms. The van der Waals surface area contributed by atoms with Crippen LogP contribution in [-0.2, 0) is 14.5 Å². The number of rotatable bonds is 2. The summed E-state index contributed by atoms with van der Waals surface area (Å²) in [6.45, 7) is 4.17. The van der Waals surface area contributed by atoms with Crippen LogP contribution >= 0.6 is 14.3 Å². The molecular formula is C51H36O2P2. The Bertz CT molecular complexity index is 3090. The van der Waals surface area contributed by atoms with Gasteiger partial charge in [0.2, 0.25) is 0 Å². The van der Waals surface area contributed by atoms with Gasteiger partial charge in [-0.2, -0.15) is 0 Å². The Morgan fingerprint density at radius 1 is 0.436 bits per heavy atom. The van der Waals surface area contributed by atoms with Gasteiger partial charge in [-0.1, -0.05) is 133 Å². The van der Waals surface area contributed by atoms with E-state index in [0.29, 0.717) is 0 Å². The Morgan fingerprint density at radius 2 is 0.909 bits per heavy atom. The van der Waals surface area contributed by atoms with Gasteiger partial charge in [0.1, 0.15) is 0 Å². The van der Waals surface area contributed by atoms with Crippen molar-refractivity contribution in [2.24, 2.45) is 0 Å². The average Bonchev–Trinajstić information content (AvgIpc) is 3.86. The minimum absolute atomic E-state index is 0.658. The van der Waals surface area contributed by atoms with Crippen molar-refractivity contribution in [1.29, 1.82) is 0 Å². The summed E-state index contributed by atoms with van der Waals surface area (Å²) in [6.07, 6.45) is 6.61. The first-order valence-corrected chi connectivity index (χ1v) is 22.7. The number of fused-ring (bicyclic) bond motifs is 15. The molecule has 4 heteroatoms. The molecule has 7 aromatic rings. The Kier molecular flexibility index (Phi) is 6.26. The van der Waals surface area contributed by atoms with Crippen LogP contribution in [0.5, 0.6) is 0 Å². The predicted molar refractivity (Wildman–Crippen MR) is 230 cm³/mol. The number of hydrogen-bond donors (Lipinski definition) is 0. The lowest BCUT2D eigenvalue weighted by Gasteiger charge is -2.33. The van der Waals surface area contributed by atoms with Crippen molar-refractivity contribution in [1.82, 2.24) is 0 Å². The Balaban J connectivity index is 1.21. The van der Waals surface area contributed by atoms with Crippen LogP contribution in [0.1, 0.15) is 46.2 Å². The molecule has 0 saturated carbocycles. The largest absolute Gasteiger partial charge is 0.309 e. The van der Waals surface area contributed by atoms with E-state index in [0.717, 1.165) is 78.0 Å². The molecule has 5 aliphatic rings. The fraction of sp³-hybridized carbons (Fsp3) is 0.0980. The predicted octanol–water partition coefficient (Wildman–Crippen LogP) is 9.98. The molecule has 0 amide bonds. The maximum Gasteiger partial charge on any atom is 0.172 e. The summed E-state index contributed by atoms with van der Waals surface area (Å²) in [7, 11) is -6.48. The standard InChI is InChI=1S/C51H36O2P2/c1-31-15-3-11-23-45(31)54(52)47-25-13-7-19-35(47)39-27-37-33-17-5-9-21-41(33)51(43(37)29-49(39)54)42-22-10-6-18-34(42)38-28-40-36-20-8-14-26-48(36)55(53,50(40)30-44(38)51)46-24-12-4-16-32(46)2/h3-5,7-17,19-30H,6,18H2,1-2H3. The molecule has 3 atom stereocenters. The topological polar surface area (TPSA) is 34.1 Å². The second-order valence-electron chi connectivity index (χ2n) is 15.8. The van der Waals surface area contributed by atoms with Crippen LogP contribution in [0.4, 0.5) is 0 Å². The van der Waals surface area contributed by atoms with Gasteiger partial charge < -0.3 is 9.13 Å². The summed E-state index contributed by atoms with van der Waals surface area (Å²) in [5, 5.41) is 5.51. The molecular weight excluding hydrogens is 707 g/mol. The molecule has 3 aliphatic carbocycles. The van der Waals surface area contributed by atoms with E-state index in [1.54, 1.807) is 0 Å². The highest BCUT2D eigenvalue weighted by atomic mass is 31.2. The molecule has 0 saturated heterocycles. The fourth-order valence-corrected chi connectivity index (χ4v) is 17.6. The Labute approximate surface area is 321 Å². The van der Waals surface area contributed by atoms with Crippen LogP contribution in [-0.4, -0.2) is 0 Å². The summed E-state index contributed by atoms with van der Waals surface area (Å²) in [4.78, 5) is 0. The van der Waals surface area contributed by atoms with Crippen LogP contribution in [0, 0.1) is 13.8 Å². The molecule has 55 heavy (non-hydrogen) atoms. The zero-order chi connectivity index (χ0) is 36.8. The van der Waals surface area contributed by atoms with Gasteiger partial charge in [0.15, 0.2) is 14.3 Å². The van der Waals surface area contributed by atoms with Crippen molar-refractivity contribution < 1.29 is 9.13 Å². The summed E-state index contributed by atoms with van der Waals surface area (Å²) < 4.78 is 32.4. The van der Waals surface area contributed by atoms with Gasteiger partial charge in [0.05, 0.1) is 5.41 Å². The number of allylic oxidation sites excluding steroid dienone is 4. The minimum Gasteiger partial charge on any atom is -0.309 e. The third-order valence-electron chi connectivity index (χ3n) is 13.3. The molecule has 1 spiro atoms. The van der Waals surface area contributed by atoms with E-state index in [1.807, 2.05) is 36.4 Å². The van der Waals surface area contributed by atoms with Gasteiger partial charge in [-0.05, 0) is 129 Å². The minimum atomic E-state index is -3.24. The van der Waals surface area contributed by atoms with Crippen LogP contribution < -0.4 is 31.8 Å². The molecule has 0 aromatic heterocycles. The molecule has 2 nitrogen and oxygen atoms in total. The molecule has 7 aromatic carbocycles. The van der Waals surface area contributed by atoms with E-state index in [4.69, 9.17) is 0 Å².